The van der Waals surface area contributed by atoms with Crippen LogP contribution in [0.5, 0.6) is 0 Å². The topological polar surface area (TPSA) is 29.1 Å². The van der Waals surface area contributed by atoms with Crippen LogP contribution in [-0.4, -0.2) is 18.4 Å². The molecule has 1 unspecified atom stereocenters. The summed E-state index contributed by atoms with van der Waals surface area (Å²) in [5.41, 5.74) is 0.0724. The number of carbonyl (C=O) groups is 1. The highest BCUT2D eigenvalue weighted by atomic mass is 19.2. The second-order valence-corrected chi connectivity index (χ2v) is 4.42. The van der Waals surface area contributed by atoms with Gasteiger partial charge in [0.25, 0.3) is 0 Å². The molecule has 1 heterocycles. The van der Waals surface area contributed by atoms with Crippen molar-refractivity contribution in [3.63, 3.8) is 0 Å². The molecule has 4 heteroatoms. The van der Waals surface area contributed by atoms with Gasteiger partial charge in [-0.2, -0.15) is 0 Å². The van der Waals surface area contributed by atoms with Crippen molar-refractivity contribution < 1.29 is 13.6 Å². The molecule has 1 atom stereocenters. The third-order valence-electron chi connectivity index (χ3n) is 3.17. The lowest BCUT2D eigenvalue weighted by molar-refractivity contribution is 0.0922. The molecule has 0 saturated carbocycles. The van der Waals surface area contributed by atoms with E-state index in [2.05, 4.69) is 5.32 Å². The summed E-state index contributed by atoms with van der Waals surface area (Å²) in [7, 11) is 0. The van der Waals surface area contributed by atoms with Gasteiger partial charge in [0.2, 0.25) is 0 Å². The maximum atomic E-state index is 13.6. The smallest absolute Gasteiger partial charge is 0.182 e. The SMILES string of the molecule is Cc1ccc(C(=O)C2CCCCN2)c(F)c1F. The van der Waals surface area contributed by atoms with Crippen LogP contribution in [-0.2, 0) is 0 Å². The maximum absolute atomic E-state index is 13.6. The van der Waals surface area contributed by atoms with Crippen molar-refractivity contribution in [2.75, 3.05) is 6.54 Å². The molecular weight excluding hydrogens is 224 g/mol. The molecule has 92 valence electrons. The molecule has 1 N–H and O–H groups in total. The lowest BCUT2D eigenvalue weighted by Crippen LogP contribution is -2.40. The van der Waals surface area contributed by atoms with Crippen LogP contribution in [0.2, 0.25) is 0 Å². The Morgan fingerprint density at radius 1 is 1.29 bits per heavy atom. The molecule has 0 spiro atoms. The van der Waals surface area contributed by atoms with Gasteiger partial charge in [-0.1, -0.05) is 12.5 Å². The van der Waals surface area contributed by atoms with Crippen LogP contribution in [0.3, 0.4) is 0 Å². The van der Waals surface area contributed by atoms with Crippen LogP contribution in [0.4, 0.5) is 8.78 Å². The molecule has 1 saturated heterocycles. The summed E-state index contributed by atoms with van der Waals surface area (Å²) >= 11 is 0. The van der Waals surface area contributed by atoms with Crippen LogP contribution in [0.15, 0.2) is 12.1 Å². The molecule has 1 aromatic carbocycles. The van der Waals surface area contributed by atoms with Gasteiger partial charge in [-0.3, -0.25) is 4.79 Å². The highest BCUT2D eigenvalue weighted by Gasteiger charge is 2.25. The molecule has 1 aromatic rings. The molecule has 0 amide bonds. The standard InChI is InChI=1S/C13H15F2NO/c1-8-5-6-9(12(15)11(8)14)13(17)10-4-2-3-7-16-10/h5-6,10,16H,2-4,7H2,1H3. The van der Waals surface area contributed by atoms with Gasteiger partial charge in [-0.25, -0.2) is 8.78 Å². The van der Waals surface area contributed by atoms with E-state index in [9.17, 15) is 13.6 Å². The Hall–Kier alpha value is -1.29. The molecule has 2 rings (SSSR count). The third-order valence-corrected chi connectivity index (χ3v) is 3.17. The number of nitrogens with one attached hydrogen (secondary N) is 1. The van der Waals surface area contributed by atoms with Crippen LogP contribution in [0.25, 0.3) is 0 Å². The minimum atomic E-state index is -1.03. The molecule has 0 bridgehead atoms. The summed E-state index contributed by atoms with van der Waals surface area (Å²) < 4.78 is 27.0. The van der Waals surface area contributed by atoms with Crippen molar-refractivity contribution in [1.82, 2.24) is 5.32 Å². The van der Waals surface area contributed by atoms with Crippen molar-refractivity contribution in [3.8, 4) is 0 Å². The van der Waals surface area contributed by atoms with E-state index >= 15 is 0 Å². The Morgan fingerprint density at radius 2 is 2.06 bits per heavy atom. The predicted molar refractivity (Wildman–Crippen MR) is 61.1 cm³/mol. The highest BCUT2D eigenvalue weighted by Crippen LogP contribution is 2.19. The zero-order chi connectivity index (χ0) is 12.4. The average Bonchev–Trinajstić information content (AvgIpc) is 2.36. The number of rotatable bonds is 2. The van der Waals surface area contributed by atoms with Crippen molar-refractivity contribution >= 4 is 5.78 Å². The van der Waals surface area contributed by atoms with E-state index in [-0.39, 0.29) is 23.0 Å². The fraction of sp³-hybridized carbons (Fsp3) is 0.462. The zero-order valence-corrected chi connectivity index (χ0v) is 9.72. The summed E-state index contributed by atoms with van der Waals surface area (Å²) in [6.45, 7) is 2.23. The van der Waals surface area contributed by atoms with Gasteiger partial charge in [-0.05, 0) is 37.9 Å². The zero-order valence-electron chi connectivity index (χ0n) is 9.72. The molecule has 17 heavy (non-hydrogen) atoms. The van der Waals surface area contributed by atoms with E-state index in [1.165, 1.54) is 19.1 Å². The van der Waals surface area contributed by atoms with E-state index in [1.54, 1.807) is 0 Å². The Balaban J connectivity index is 2.27. The van der Waals surface area contributed by atoms with Crippen LogP contribution >= 0.6 is 0 Å². The summed E-state index contributed by atoms with van der Waals surface area (Å²) in [6.07, 6.45) is 2.65. The van der Waals surface area contributed by atoms with Crippen LogP contribution in [0, 0.1) is 18.6 Å². The van der Waals surface area contributed by atoms with Gasteiger partial charge in [0.15, 0.2) is 17.4 Å². The van der Waals surface area contributed by atoms with Gasteiger partial charge in [-0.15, -0.1) is 0 Å². The highest BCUT2D eigenvalue weighted by molar-refractivity contribution is 6.00. The quantitative estimate of drug-likeness (QED) is 0.804. The molecule has 0 radical (unpaired) electrons. The Bertz CT molecular complexity index is 439. The second-order valence-electron chi connectivity index (χ2n) is 4.42. The number of hydrogen-bond acceptors (Lipinski definition) is 2. The summed E-state index contributed by atoms with van der Waals surface area (Å²) in [6, 6.07) is 2.43. The van der Waals surface area contributed by atoms with Crippen molar-refractivity contribution in [2.45, 2.75) is 32.2 Å². The van der Waals surface area contributed by atoms with E-state index in [0.717, 1.165) is 19.4 Å². The first kappa shape index (κ1) is 12.2. The maximum Gasteiger partial charge on any atom is 0.182 e. The fourth-order valence-electron chi connectivity index (χ4n) is 2.10. The number of piperidine rings is 1. The lowest BCUT2D eigenvalue weighted by Gasteiger charge is -2.22. The van der Waals surface area contributed by atoms with E-state index in [1.807, 2.05) is 0 Å². The van der Waals surface area contributed by atoms with E-state index in [4.69, 9.17) is 0 Å². The summed E-state index contributed by atoms with van der Waals surface area (Å²) in [5, 5.41) is 3.04. The molecular formula is C13H15F2NO. The van der Waals surface area contributed by atoms with E-state index in [0.29, 0.717) is 6.42 Å². The van der Waals surface area contributed by atoms with Gasteiger partial charge < -0.3 is 5.32 Å². The summed E-state index contributed by atoms with van der Waals surface area (Å²) in [4.78, 5) is 12.0. The normalized spacial score (nSPS) is 20.3. The average molecular weight is 239 g/mol. The Morgan fingerprint density at radius 3 is 2.71 bits per heavy atom. The number of halogens is 2. The van der Waals surface area contributed by atoms with Crippen molar-refractivity contribution in [3.05, 3.63) is 34.9 Å². The molecule has 2 nitrogen and oxygen atoms in total. The van der Waals surface area contributed by atoms with E-state index < -0.39 is 11.6 Å². The lowest BCUT2D eigenvalue weighted by atomic mass is 9.95. The summed E-state index contributed by atoms with van der Waals surface area (Å²) in [5.74, 6) is -2.30. The second kappa shape index (κ2) is 4.92. The predicted octanol–water partition coefficient (Wildman–Crippen LogP) is 2.60. The third kappa shape index (κ3) is 2.36. The number of hydrogen-bond donors (Lipinski definition) is 1. The first-order valence-corrected chi connectivity index (χ1v) is 5.83. The first-order chi connectivity index (χ1) is 8.11. The molecule has 0 aliphatic carbocycles. The van der Waals surface area contributed by atoms with Crippen LogP contribution in [0.1, 0.15) is 35.2 Å². The Kier molecular flexibility index (Phi) is 3.52. The first-order valence-electron chi connectivity index (χ1n) is 5.83. The van der Waals surface area contributed by atoms with Crippen LogP contribution < -0.4 is 5.32 Å². The molecule has 1 fully saturated rings. The van der Waals surface area contributed by atoms with Crippen molar-refractivity contribution in [2.24, 2.45) is 0 Å². The Labute approximate surface area is 99.0 Å². The van der Waals surface area contributed by atoms with Gasteiger partial charge in [0.1, 0.15) is 0 Å². The fourth-order valence-corrected chi connectivity index (χ4v) is 2.10. The van der Waals surface area contributed by atoms with Crippen molar-refractivity contribution in [1.29, 1.82) is 0 Å². The molecule has 1 aliphatic rings. The minimum Gasteiger partial charge on any atom is -0.307 e. The largest absolute Gasteiger partial charge is 0.307 e. The van der Waals surface area contributed by atoms with Gasteiger partial charge in [0, 0.05) is 0 Å². The van der Waals surface area contributed by atoms with Gasteiger partial charge in [0.05, 0.1) is 11.6 Å². The number of carbonyl (C=O) groups excluding carboxylic acids is 1. The van der Waals surface area contributed by atoms with Gasteiger partial charge >= 0.3 is 0 Å². The number of aryl methyl sites for hydroxylation is 1. The number of Topliss-reactive ketones (excluding diaryl/α,β-unsaturated/α-hetero) is 1. The molecule has 0 aromatic heterocycles. The molecule has 1 aliphatic heterocycles. The number of benzene rings is 1. The monoisotopic (exact) mass is 239 g/mol. The minimum absolute atomic E-state index is 0.146. The number of ketones is 1.